The van der Waals surface area contributed by atoms with Crippen molar-refractivity contribution in [3.63, 3.8) is 0 Å². The van der Waals surface area contributed by atoms with Gasteiger partial charge in [-0.2, -0.15) is 0 Å². The molecular weight excluding hydrogens is 348 g/mol. The van der Waals surface area contributed by atoms with Crippen molar-refractivity contribution in [2.24, 2.45) is 0 Å². The van der Waals surface area contributed by atoms with Gasteiger partial charge in [-0.05, 0) is 53.2 Å². The van der Waals surface area contributed by atoms with Crippen LogP contribution in [0.1, 0.15) is 17.2 Å². The highest BCUT2D eigenvalue weighted by Gasteiger charge is 2.19. The second-order valence-electron chi connectivity index (χ2n) is 4.39. The predicted octanol–water partition coefficient (Wildman–Crippen LogP) is 4.88. The Hall–Kier alpha value is -0.970. The third-order valence-electron chi connectivity index (χ3n) is 3.18. The van der Waals surface area contributed by atoms with E-state index in [0.717, 1.165) is 10.0 Å². The van der Waals surface area contributed by atoms with Crippen LogP contribution in [0, 0.1) is 11.6 Å². The van der Waals surface area contributed by atoms with Crippen molar-refractivity contribution in [2.45, 2.75) is 12.5 Å². The van der Waals surface area contributed by atoms with E-state index in [1.54, 1.807) is 7.05 Å². The van der Waals surface area contributed by atoms with E-state index in [9.17, 15) is 8.78 Å². The summed E-state index contributed by atoms with van der Waals surface area (Å²) in [4.78, 5) is 0. The van der Waals surface area contributed by atoms with Crippen molar-refractivity contribution < 1.29 is 8.78 Å². The van der Waals surface area contributed by atoms with Crippen LogP contribution in [0.25, 0.3) is 0 Å². The number of benzene rings is 2. The minimum atomic E-state index is -0.545. The number of likely N-dealkylation sites (N-methyl/N-ethyl adjacent to an activating group) is 1. The average molecular weight is 361 g/mol. The fourth-order valence-corrected chi connectivity index (χ4v) is 2.73. The Morgan fingerprint density at radius 1 is 1.15 bits per heavy atom. The molecule has 106 valence electrons. The molecule has 0 saturated heterocycles. The van der Waals surface area contributed by atoms with Gasteiger partial charge >= 0.3 is 0 Å². The number of nitrogens with one attached hydrogen (secondary N) is 1. The number of halogens is 4. The van der Waals surface area contributed by atoms with E-state index in [4.69, 9.17) is 11.6 Å². The molecule has 1 nitrogen and oxygen atoms in total. The second-order valence-corrected chi connectivity index (χ2v) is 5.62. The van der Waals surface area contributed by atoms with Crippen LogP contribution in [0.2, 0.25) is 5.02 Å². The average Bonchev–Trinajstić information content (AvgIpc) is 2.42. The van der Waals surface area contributed by atoms with Crippen LogP contribution in [0.15, 0.2) is 40.9 Å². The molecule has 0 fully saturated rings. The smallest absolute Gasteiger partial charge is 0.129 e. The van der Waals surface area contributed by atoms with Crippen LogP contribution in [0.3, 0.4) is 0 Å². The minimum absolute atomic E-state index is 0.0582. The summed E-state index contributed by atoms with van der Waals surface area (Å²) in [5.41, 5.74) is 0.856. The Labute approximate surface area is 130 Å². The summed E-state index contributed by atoms with van der Waals surface area (Å²) >= 11 is 9.59. The quantitative estimate of drug-likeness (QED) is 0.819. The van der Waals surface area contributed by atoms with E-state index in [2.05, 4.69) is 21.2 Å². The van der Waals surface area contributed by atoms with E-state index in [1.807, 2.05) is 18.2 Å². The molecule has 1 atom stereocenters. The molecule has 2 aromatic carbocycles. The Bertz CT molecular complexity index is 599. The summed E-state index contributed by atoms with van der Waals surface area (Å²) in [6, 6.07) is 9.10. The topological polar surface area (TPSA) is 12.0 Å². The largest absolute Gasteiger partial charge is 0.313 e. The summed E-state index contributed by atoms with van der Waals surface area (Å²) in [5.74, 6) is -1.09. The Kier molecular flexibility index (Phi) is 5.13. The number of hydrogen-bond donors (Lipinski definition) is 1. The molecule has 5 heteroatoms. The lowest BCUT2D eigenvalue weighted by Crippen LogP contribution is -2.20. The van der Waals surface area contributed by atoms with Gasteiger partial charge in [0.1, 0.15) is 11.6 Å². The highest BCUT2D eigenvalue weighted by molar-refractivity contribution is 9.10. The lowest BCUT2D eigenvalue weighted by atomic mass is 9.98. The first-order valence-corrected chi connectivity index (χ1v) is 7.25. The van der Waals surface area contributed by atoms with Gasteiger partial charge in [0.05, 0.1) is 5.02 Å². The van der Waals surface area contributed by atoms with Gasteiger partial charge in [-0.3, -0.25) is 0 Å². The van der Waals surface area contributed by atoms with Crippen molar-refractivity contribution >= 4 is 27.5 Å². The molecule has 0 radical (unpaired) electrons. The first-order chi connectivity index (χ1) is 9.54. The summed E-state index contributed by atoms with van der Waals surface area (Å²) < 4.78 is 28.2. The molecule has 0 aromatic heterocycles. The van der Waals surface area contributed by atoms with E-state index >= 15 is 0 Å². The zero-order valence-electron chi connectivity index (χ0n) is 10.8. The second kappa shape index (κ2) is 6.66. The fourth-order valence-electron chi connectivity index (χ4n) is 2.09. The number of rotatable bonds is 4. The SMILES string of the molecule is CNC(Cc1c(F)cccc1F)c1cccc(Br)c1Cl. The Morgan fingerprint density at radius 3 is 2.35 bits per heavy atom. The maximum Gasteiger partial charge on any atom is 0.129 e. The van der Waals surface area contributed by atoms with Crippen LogP contribution < -0.4 is 5.32 Å². The van der Waals surface area contributed by atoms with Gasteiger partial charge in [0.15, 0.2) is 0 Å². The highest BCUT2D eigenvalue weighted by atomic mass is 79.9. The summed E-state index contributed by atoms with van der Waals surface area (Å²) in [6.45, 7) is 0. The minimum Gasteiger partial charge on any atom is -0.313 e. The molecule has 2 aromatic rings. The van der Waals surface area contributed by atoms with Crippen molar-refractivity contribution in [3.05, 3.63) is 68.7 Å². The molecule has 0 heterocycles. The van der Waals surface area contributed by atoms with Crippen LogP contribution in [0.4, 0.5) is 8.78 Å². The third kappa shape index (κ3) is 3.19. The molecule has 0 amide bonds. The van der Waals surface area contributed by atoms with Gasteiger partial charge in [0, 0.05) is 16.1 Å². The molecule has 1 N–H and O–H groups in total. The van der Waals surface area contributed by atoms with Crippen molar-refractivity contribution in [3.8, 4) is 0 Å². The lowest BCUT2D eigenvalue weighted by Gasteiger charge is -2.19. The van der Waals surface area contributed by atoms with Crippen molar-refractivity contribution in [1.29, 1.82) is 0 Å². The first kappa shape index (κ1) is 15.4. The maximum atomic E-state index is 13.7. The van der Waals surface area contributed by atoms with Crippen LogP contribution in [0.5, 0.6) is 0 Å². The van der Waals surface area contributed by atoms with Gasteiger partial charge in [0.25, 0.3) is 0 Å². The molecule has 1 unspecified atom stereocenters. The van der Waals surface area contributed by atoms with Crippen LogP contribution in [-0.2, 0) is 6.42 Å². The zero-order chi connectivity index (χ0) is 14.7. The first-order valence-electron chi connectivity index (χ1n) is 6.08. The summed E-state index contributed by atoms with van der Waals surface area (Å²) in [7, 11) is 1.74. The van der Waals surface area contributed by atoms with E-state index < -0.39 is 11.6 Å². The van der Waals surface area contributed by atoms with E-state index in [1.165, 1.54) is 18.2 Å². The van der Waals surface area contributed by atoms with Crippen molar-refractivity contribution in [2.75, 3.05) is 7.05 Å². The summed E-state index contributed by atoms with van der Waals surface area (Å²) in [5, 5.41) is 3.60. The summed E-state index contributed by atoms with van der Waals surface area (Å²) in [6.07, 6.45) is 0.186. The Morgan fingerprint density at radius 2 is 1.75 bits per heavy atom. The molecule has 0 spiro atoms. The monoisotopic (exact) mass is 359 g/mol. The molecule has 0 aliphatic heterocycles. The van der Waals surface area contributed by atoms with Gasteiger partial charge in [-0.1, -0.05) is 29.8 Å². The highest BCUT2D eigenvalue weighted by Crippen LogP contribution is 2.32. The van der Waals surface area contributed by atoms with Gasteiger partial charge in [-0.25, -0.2) is 8.78 Å². The Balaban J connectivity index is 2.37. The lowest BCUT2D eigenvalue weighted by molar-refractivity contribution is 0.515. The molecular formula is C15H13BrClF2N. The molecule has 0 bridgehead atoms. The molecule has 2 rings (SSSR count). The maximum absolute atomic E-state index is 13.7. The van der Waals surface area contributed by atoms with Crippen LogP contribution >= 0.6 is 27.5 Å². The van der Waals surface area contributed by atoms with E-state index in [0.29, 0.717) is 5.02 Å². The predicted molar refractivity (Wildman–Crippen MR) is 81.0 cm³/mol. The molecule has 0 saturated carbocycles. The molecule has 20 heavy (non-hydrogen) atoms. The standard InChI is InChI=1S/C15H13BrClF2N/c1-20-14(9-4-2-5-11(16)15(9)17)8-10-12(18)6-3-7-13(10)19/h2-7,14,20H,8H2,1H3. The zero-order valence-corrected chi connectivity index (χ0v) is 13.1. The normalized spacial score (nSPS) is 12.4. The van der Waals surface area contributed by atoms with Crippen molar-refractivity contribution in [1.82, 2.24) is 5.32 Å². The van der Waals surface area contributed by atoms with Gasteiger partial charge in [-0.15, -0.1) is 0 Å². The number of hydrogen-bond acceptors (Lipinski definition) is 1. The molecule has 0 aliphatic carbocycles. The van der Waals surface area contributed by atoms with Crippen LogP contribution in [-0.4, -0.2) is 7.05 Å². The van der Waals surface area contributed by atoms with Gasteiger partial charge < -0.3 is 5.32 Å². The third-order valence-corrected chi connectivity index (χ3v) is 4.49. The van der Waals surface area contributed by atoms with Gasteiger partial charge in [0.2, 0.25) is 0 Å². The fraction of sp³-hybridized carbons (Fsp3) is 0.200. The van der Waals surface area contributed by atoms with E-state index in [-0.39, 0.29) is 18.0 Å². The molecule has 0 aliphatic rings.